The topological polar surface area (TPSA) is 70.7 Å². The van der Waals surface area contributed by atoms with E-state index < -0.39 is 12.1 Å². The number of anilines is 2. The van der Waals surface area contributed by atoms with Crippen molar-refractivity contribution in [2.75, 3.05) is 16.9 Å². The molecule has 2 aromatic rings. The molecule has 0 aliphatic carbocycles. The van der Waals surface area contributed by atoms with E-state index in [1.807, 2.05) is 37.3 Å². The van der Waals surface area contributed by atoms with Crippen LogP contribution in [0.2, 0.25) is 0 Å². The van der Waals surface area contributed by atoms with E-state index in [-0.39, 0.29) is 6.61 Å². The fourth-order valence-corrected chi connectivity index (χ4v) is 1.88. The van der Waals surface area contributed by atoms with Gasteiger partial charge in [-0.05, 0) is 38.1 Å². The van der Waals surface area contributed by atoms with E-state index in [4.69, 9.17) is 4.74 Å². The Morgan fingerprint density at radius 3 is 2.30 bits per heavy atom. The van der Waals surface area contributed by atoms with Crippen molar-refractivity contribution < 1.29 is 14.3 Å². The third-order valence-electron chi connectivity index (χ3n) is 3.00. The number of para-hydroxylation sites is 1. The maximum Gasteiger partial charge on any atom is 0.426 e. The second-order valence-corrected chi connectivity index (χ2v) is 4.80. The Morgan fingerprint density at radius 1 is 1.04 bits per heavy atom. The standard InChI is InChI=1S/C17H19N3O3/c1-3-23-17(22)19-20(15-11-9-13(2)10-12-15)16(21)18-14-7-5-4-6-8-14/h4-12H,3H2,1-2H3,(H,18,21)(H,19,22). The lowest BCUT2D eigenvalue weighted by atomic mass is 10.2. The highest BCUT2D eigenvalue weighted by atomic mass is 16.6. The molecule has 0 unspecified atom stereocenters. The van der Waals surface area contributed by atoms with Gasteiger partial charge in [0, 0.05) is 5.69 Å². The molecule has 23 heavy (non-hydrogen) atoms. The summed E-state index contributed by atoms with van der Waals surface area (Å²) in [6.45, 7) is 3.85. The van der Waals surface area contributed by atoms with Gasteiger partial charge >= 0.3 is 12.1 Å². The van der Waals surface area contributed by atoms with Crippen LogP contribution in [-0.4, -0.2) is 18.7 Å². The van der Waals surface area contributed by atoms with Crippen molar-refractivity contribution in [1.82, 2.24) is 5.43 Å². The number of benzene rings is 2. The Kier molecular flexibility index (Phi) is 5.57. The minimum Gasteiger partial charge on any atom is -0.449 e. The maximum absolute atomic E-state index is 12.5. The van der Waals surface area contributed by atoms with Crippen LogP contribution in [0.15, 0.2) is 54.6 Å². The molecule has 0 aliphatic rings. The summed E-state index contributed by atoms with van der Waals surface area (Å²) >= 11 is 0. The molecule has 0 saturated heterocycles. The fraction of sp³-hybridized carbons (Fsp3) is 0.176. The average Bonchev–Trinajstić information content (AvgIpc) is 2.55. The van der Waals surface area contributed by atoms with E-state index in [1.165, 1.54) is 0 Å². The summed E-state index contributed by atoms with van der Waals surface area (Å²) in [5, 5.41) is 3.83. The minimum atomic E-state index is -0.698. The third-order valence-corrected chi connectivity index (χ3v) is 3.00. The van der Waals surface area contributed by atoms with E-state index >= 15 is 0 Å². The van der Waals surface area contributed by atoms with Crippen LogP contribution < -0.4 is 15.8 Å². The Bertz CT molecular complexity index is 657. The number of urea groups is 1. The first-order valence-corrected chi connectivity index (χ1v) is 7.26. The monoisotopic (exact) mass is 313 g/mol. The zero-order valence-corrected chi connectivity index (χ0v) is 13.1. The van der Waals surface area contributed by atoms with Gasteiger partial charge in [0.15, 0.2) is 0 Å². The number of nitrogens with zero attached hydrogens (tertiary/aromatic N) is 1. The lowest BCUT2D eigenvalue weighted by molar-refractivity contribution is 0.151. The third kappa shape index (κ3) is 4.74. The van der Waals surface area contributed by atoms with Gasteiger partial charge in [0.1, 0.15) is 0 Å². The molecule has 120 valence electrons. The lowest BCUT2D eigenvalue weighted by Gasteiger charge is -2.23. The van der Waals surface area contributed by atoms with Crippen LogP contribution in [0, 0.1) is 6.92 Å². The summed E-state index contributed by atoms with van der Waals surface area (Å²) < 4.78 is 4.85. The van der Waals surface area contributed by atoms with E-state index in [2.05, 4.69) is 10.7 Å². The largest absolute Gasteiger partial charge is 0.449 e. The number of hydrazine groups is 1. The molecule has 0 radical (unpaired) electrons. The minimum absolute atomic E-state index is 0.216. The van der Waals surface area contributed by atoms with E-state index in [1.54, 1.807) is 31.2 Å². The molecular formula is C17H19N3O3. The second-order valence-electron chi connectivity index (χ2n) is 4.80. The zero-order valence-electron chi connectivity index (χ0n) is 13.1. The maximum atomic E-state index is 12.5. The van der Waals surface area contributed by atoms with Gasteiger partial charge in [0.05, 0.1) is 12.3 Å². The molecule has 0 spiro atoms. The molecule has 0 heterocycles. The van der Waals surface area contributed by atoms with Gasteiger partial charge in [-0.15, -0.1) is 0 Å². The van der Waals surface area contributed by atoms with Crippen molar-refractivity contribution in [3.8, 4) is 0 Å². The Morgan fingerprint density at radius 2 is 1.70 bits per heavy atom. The summed E-state index contributed by atoms with van der Waals surface area (Å²) in [4.78, 5) is 24.2. The van der Waals surface area contributed by atoms with Gasteiger partial charge in [-0.25, -0.2) is 15.0 Å². The summed E-state index contributed by atoms with van der Waals surface area (Å²) in [7, 11) is 0. The predicted octanol–water partition coefficient (Wildman–Crippen LogP) is 3.69. The number of hydrogen-bond donors (Lipinski definition) is 2. The SMILES string of the molecule is CCOC(=O)NN(C(=O)Nc1ccccc1)c1ccc(C)cc1. The summed E-state index contributed by atoms with van der Waals surface area (Å²) in [6, 6.07) is 15.7. The van der Waals surface area contributed by atoms with E-state index in [9.17, 15) is 9.59 Å². The first-order chi connectivity index (χ1) is 11.1. The molecule has 0 saturated carbocycles. The van der Waals surface area contributed by atoms with Gasteiger partial charge in [0.25, 0.3) is 0 Å². The van der Waals surface area contributed by atoms with E-state index in [0.29, 0.717) is 11.4 Å². The van der Waals surface area contributed by atoms with E-state index in [0.717, 1.165) is 10.6 Å². The average molecular weight is 313 g/mol. The van der Waals surface area contributed by atoms with Crippen molar-refractivity contribution in [3.05, 3.63) is 60.2 Å². The highest BCUT2D eigenvalue weighted by molar-refractivity contribution is 6.02. The normalized spacial score (nSPS) is 9.83. The van der Waals surface area contributed by atoms with Crippen molar-refractivity contribution in [2.45, 2.75) is 13.8 Å². The van der Waals surface area contributed by atoms with Crippen LogP contribution in [0.3, 0.4) is 0 Å². The van der Waals surface area contributed by atoms with Crippen LogP contribution in [0.25, 0.3) is 0 Å². The summed E-state index contributed by atoms with van der Waals surface area (Å²) in [6.07, 6.45) is -0.698. The number of hydrogen-bond acceptors (Lipinski definition) is 3. The number of ether oxygens (including phenoxy) is 1. The number of rotatable bonds is 3. The molecule has 0 aliphatic heterocycles. The molecule has 6 heteroatoms. The smallest absolute Gasteiger partial charge is 0.426 e. The molecule has 0 atom stereocenters. The molecule has 3 amide bonds. The number of carbonyl (C=O) groups is 2. The lowest BCUT2D eigenvalue weighted by Crippen LogP contribution is -2.48. The predicted molar refractivity (Wildman–Crippen MR) is 89.3 cm³/mol. The molecule has 0 fully saturated rings. The van der Waals surface area contributed by atoms with Crippen LogP contribution in [0.4, 0.5) is 21.0 Å². The fourth-order valence-electron chi connectivity index (χ4n) is 1.88. The molecule has 0 aromatic heterocycles. The second kappa shape index (κ2) is 7.84. The van der Waals surface area contributed by atoms with Gasteiger partial charge in [-0.3, -0.25) is 0 Å². The first-order valence-electron chi connectivity index (χ1n) is 7.26. The summed E-state index contributed by atoms with van der Waals surface area (Å²) in [5.74, 6) is 0. The molecule has 2 N–H and O–H groups in total. The van der Waals surface area contributed by atoms with Gasteiger partial charge in [0.2, 0.25) is 0 Å². The molecule has 6 nitrogen and oxygen atoms in total. The van der Waals surface area contributed by atoms with Crippen molar-refractivity contribution in [1.29, 1.82) is 0 Å². The molecule has 2 aromatic carbocycles. The van der Waals surface area contributed by atoms with Crippen molar-refractivity contribution in [3.63, 3.8) is 0 Å². The van der Waals surface area contributed by atoms with Crippen LogP contribution in [0.1, 0.15) is 12.5 Å². The zero-order chi connectivity index (χ0) is 16.7. The van der Waals surface area contributed by atoms with Crippen LogP contribution >= 0.6 is 0 Å². The van der Waals surface area contributed by atoms with Gasteiger partial charge in [-0.1, -0.05) is 35.9 Å². The quantitative estimate of drug-likeness (QED) is 0.849. The van der Waals surface area contributed by atoms with Gasteiger partial charge in [-0.2, -0.15) is 5.01 Å². The molecular weight excluding hydrogens is 294 g/mol. The number of carbonyl (C=O) groups excluding carboxylic acids is 2. The molecule has 0 bridgehead atoms. The van der Waals surface area contributed by atoms with Crippen molar-refractivity contribution >= 4 is 23.5 Å². The summed E-state index contributed by atoms with van der Waals surface area (Å²) in [5.41, 5.74) is 4.63. The van der Waals surface area contributed by atoms with Crippen LogP contribution in [0.5, 0.6) is 0 Å². The highest BCUT2D eigenvalue weighted by Gasteiger charge is 2.19. The Balaban J connectivity index is 2.19. The van der Waals surface area contributed by atoms with Crippen molar-refractivity contribution in [2.24, 2.45) is 0 Å². The van der Waals surface area contributed by atoms with Crippen LogP contribution in [-0.2, 0) is 4.74 Å². The van der Waals surface area contributed by atoms with Gasteiger partial charge < -0.3 is 10.1 Å². The molecule has 2 rings (SSSR count). The Hall–Kier alpha value is -3.02. The Labute approximate surface area is 135 Å². The first kappa shape index (κ1) is 16.4. The number of nitrogens with one attached hydrogen (secondary N) is 2. The number of amides is 3. The number of aryl methyl sites for hydroxylation is 1. The highest BCUT2D eigenvalue weighted by Crippen LogP contribution is 2.15.